The van der Waals surface area contributed by atoms with Crippen LogP contribution in [0.2, 0.25) is 0 Å². The lowest BCUT2D eigenvalue weighted by Crippen LogP contribution is -2.27. The van der Waals surface area contributed by atoms with Gasteiger partial charge in [-0.3, -0.25) is 9.59 Å². The summed E-state index contributed by atoms with van der Waals surface area (Å²) in [6, 6.07) is 6.31. The number of nitrogens with one attached hydrogen (secondary N) is 1. The molecule has 0 saturated heterocycles. The van der Waals surface area contributed by atoms with E-state index >= 15 is 0 Å². The molecule has 0 aliphatic carbocycles. The fraction of sp³-hybridized carbons (Fsp3) is 0.333. The molecule has 1 amide bonds. The minimum Gasteiger partial charge on any atom is -0.329 e. The first-order chi connectivity index (χ1) is 8.84. The summed E-state index contributed by atoms with van der Waals surface area (Å²) >= 11 is 0. The van der Waals surface area contributed by atoms with Crippen LogP contribution in [0.1, 0.15) is 17.3 Å². The molecule has 19 heavy (non-hydrogen) atoms. The maximum atomic E-state index is 11.6. The Balaban J connectivity index is 2.72. The lowest BCUT2D eigenvalue weighted by Gasteiger charge is -2.06. The number of rotatable bonds is 6. The Morgan fingerprint density at radius 1 is 1.32 bits per heavy atom. The molecule has 0 bridgehead atoms. The van der Waals surface area contributed by atoms with Crippen LogP contribution in [0, 0.1) is 0 Å². The molecule has 1 aromatic carbocycles. The minimum atomic E-state index is -3.48. The van der Waals surface area contributed by atoms with Gasteiger partial charge in [0.15, 0.2) is 15.6 Å². The van der Waals surface area contributed by atoms with Gasteiger partial charge in [-0.05, 0) is 19.1 Å². The van der Waals surface area contributed by atoms with Crippen molar-refractivity contribution in [2.75, 3.05) is 23.4 Å². The zero-order chi connectivity index (χ0) is 14.5. The Morgan fingerprint density at radius 2 is 2.00 bits per heavy atom. The SMILES string of the molecule is CC(=O)c1cccc(NC(=O)CS(=O)(=O)CCN)c1. The highest BCUT2D eigenvalue weighted by atomic mass is 32.2. The first-order valence-corrected chi connectivity index (χ1v) is 7.47. The monoisotopic (exact) mass is 284 g/mol. The van der Waals surface area contributed by atoms with Crippen LogP contribution < -0.4 is 11.1 Å². The highest BCUT2D eigenvalue weighted by Crippen LogP contribution is 2.11. The van der Waals surface area contributed by atoms with E-state index in [0.29, 0.717) is 11.3 Å². The summed E-state index contributed by atoms with van der Waals surface area (Å²) in [5, 5.41) is 2.44. The standard InChI is InChI=1S/C12H16N2O4S/c1-9(15)10-3-2-4-11(7-10)14-12(16)8-19(17,18)6-5-13/h2-4,7H,5-6,8,13H2,1H3,(H,14,16). The molecule has 3 N–H and O–H groups in total. The summed E-state index contributed by atoms with van der Waals surface area (Å²) in [4.78, 5) is 22.7. The number of benzene rings is 1. The molecule has 0 fully saturated rings. The predicted octanol–water partition coefficient (Wildman–Crippen LogP) is 0.201. The molecule has 0 aliphatic heterocycles. The number of Topliss-reactive ketones (excluding diaryl/α,β-unsaturated/α-hetero) is 1. The van der Waals surface area contributed by atoms with E-state index in [2.05, 4.69) is 5.32 Å². The van der Waals surface area contributed by atoms with E-state index in [0.717, 1.165) is 0 Å². The molecule has 0 aliphatic rings. The average molecular weight is 284 g/mol. The summed E-state index contributed by atoms with van der Waals surface area (Å²) in [6.07, 6.45) is 0. The van der Waals surface area contributed by atoms with Crippen molar-refractivity contribution in [1.29, 1.82) is 0 Å². The molecular weight excluding hydrogens is 268 g/mol. The van der Waals surface area contributed by atoms with E-state index in [-0.39, 0.29) is 18.1 Å². The summed E-state index contributed by atoms with van der Waals surface area (Å²) < 4.78 is 22.8. The van der Waals surface area contributed by atoms with Crippen LogP contribution in [-0.4, -0.2) is 38.2 Å². The van der Waals surface area contributed by atoms with Crippen molar-refractivity contribution < 1.29 is 18.0 Å². The number of nitrogens with two attached hydrogens (primary N) is 1. The molecule has 0 atom stereocenters. The van der Waals surface area contributed by atoms with E-state index < -0.39 is 21.5 Å². The van der Waals surface area contributed by atoms with Gasteiger partial charge in [0.2, 0.25) is 5.91 Å². The largest absolute Gasteiger partial charge is 0.329 e. The molecule has 1 aromatic rings. The van der Waals surface area contributed by atoms with E-state index in [4.69, 9.17) is 5.73 Å². The Hall–Kier alpha value is -1.73. The summed E-state index contributed by atoms with van der Waals surface area (Å²) in [6.45, 7) is 1.39. The van der Waals surface area contributed by atoms with Gasteiger partial charge in [-0.2, -0.15) is 0 Å². The van der Waals surface area contributed by atoms with Gasteiger partial charge in [-0.1, -0.05) is 12.1 Å². The van der Waals surface area contributed by atoms with Crippen LogP contribution in [0.25, 0.3) is 0 Å². The molecule has 0 heterocycles. The number of amides is 1. The molecule has 7 heteroatoms. The van der Waals surface area contributed by atoms with Crippen molar-refractivity contribution in [1.82, 2.24) is 0 Å². The van der Waals surface area contributed by atoms with Crippen molar-refractivity contribution in [3.05, 3.63) is 29.8 Å². The zero-order valence-corrected chi connectivity index (χ0v) is 11.4. The Labute approximate surface area is 111 Å². The Kier molecular flexibility index (Phi) is 5.20. The van der Waals surface area contributed by atoms with Crippen molar-refractivity contribution >= 4 is 27.2 Å². The molecule has 0 saturated carbocycles. The second kappa shape index (κ2) is 6.44. The van der Waals surface area contributed by atoms with Crippen molar-refractivity contribution in [2.24, 2.45) is 5.73 Å². The molecule has 0 radical (unpaired) electrons. The summed E-state index contributed by atoms with van der Waals surface area (Å²) in [5.74, 6) is -1.62. The van der Waals surface area contributed by atoms with Crippen molar-refractivity contribution in [2.45, 2.75) is 6.92 Å². The first-order valence-electron chi connectivity index (χ1n) is 5.65. The van der Waals surface area contributed by atoms with Crippen LogP contribution in [-0.2, 0) is 14.6 Å². The fourth-order valence-electron chi connectivity index (χ4n) is 1.46. The van der Waals surface area contributed by atoms with Gasteiger partial charge in [-0.25, -0.2) is 8.42 Å². The maximum absolute atomic E-state index is 11.6. The van der Waals surface area contributed by atoms with Crippen molar-refractivity contribution in [3.8, 4) is 0 Å². The molecule has 0 aromatic heterocycles. The van der Waals surface area contributed by atoms with Gasteiger partial charge in [0.25, 0.3) is 0 Å². The second-order valence-electron chi connectivity index (χ2n) is 4.07. The lowest BCUT2D eigenvalue weighted by molar-refractivity contribution is -0.113. The topological polar surface area (TPSA) is 106 Å². The Bertz CT molecular complexity index is 581. The normalized spacial score (nSPS) is 11.1. The van der Waals surface area contributed by atoms with Crippen LogP contribution in [0.3, 0.4) is 0 Å². The van der Waals surface area contributed by atoms with Gasteiger partial charge in [0.05, 0.1) is 5.75 Å². The van der Waals surface area contributed by atoms with Crippen LogP contribution in [0.5, 0.6) is 0 Å². The smallest absolute Gasteiger partial charge is 0.239 e. The number of hydrogen-bond donors (Lipinski definition) is 2. The average Bonchev–Trinajstić information content (AvgIpc) is 2.27. The molecule has 104 valence electrons. The molecule has 0 unspecified atom stereocenters. The Morgan fingerprint density at radius 3 is 2.58 bits per heavy atom. The number of anilines is 1. The van der Waals surface area contributed by atoms with Crippen LogP contribution >= 0.6 is 0 Å². The quantitative estimate of drug-likeness (QED) is 0.726. The van der Waals surface area contributed by atoms with Gasteiger partial charge in [0, 0.05) is 17.8 Å². The van der Waals surface area contributed by atoms with E-state index in [1.807, 2.05) is 0 Å². The molecule has 6 nitrogen and oxygen atoms in total. The third kappa shape index (κ3) is 5.19. The lowest BCUT2D eigenvalue weighted by atomic mass is 10.1. The van der Waals surface area contributed by atoms with Gasteiger partial charge in [0.1, 0.15) is 5.75 Å². The summed E-state index contributed by atoms with van der Waals surface area (Å²) in [7, 11) is -3.48. The highest BCUT2D eigenvalue weighted by molar-refractivity contribution is 7.92. The van der Waals surface area contributed by atoms with Gasteiger partial charge in [-0.15, -0.1) is 0 Å². The number of ketones is 1. The van der Waals surface area contributed by atoms with E-state index in [1.165, 1.54) is 13.0 Å². The highest BCUT2D eigenvalue weighted by Gasteiger charge is 2.16. The third-order valence-corrected chi connectivity index (χ3v) is 3.89. The second-order valence-corrected chi connectivity index (χ2v) is 6.25. The van der Waals surface area contributed by atoms with Gasteiger partial charge < -0.3 is 11.1 Å². The number of carbonyl (C=O) groups excluding carboxylic acids is 2. The molecular formula is C12H16N2O4S. The predicted molar refractivity (Wildman–Crippen MR) is 72.8 cm³/mol. The number of carbonyl (C=O) groups is 2. The molecule has 0 spiro atoms. The third-order valence-electron chi connectivity index (χ3n) is 2.33. The minimum absolute atomic E-state index is 0.0184. The fourth-order valence-corrected chi connectivity index (χ4v) is 2.44. The molecule has 1 rings (SSSR count). The van der Waals surface area contributed by atoms with Crippen LogP contribution in [0.15, 0.2) is 24.3 Å². The first kappa shape index (κ1) is 15.3. The number of hydrogen-bond acceptors (Lipinski definition) is 5. The summed E-state index contributed by atoms with van der Waals surface area (Å²) in [5.41, 5.74) is 5.98. The number of sulfone groups is 1. The van der Waals surface area contributed by atoms with E-state index in [1.54, 1.807) is 18.2 Å². The maximum Gasteiger partial charge on any atom is 0.239 e. The zero-order valence-electron chi connectivity index (χ0n) is 10.5. The van der Waals surface area contributed by atoms with E-state index in [9.17, 15) is 18.0 Å². The van der Waals surface area contributed by atoms with Gasteiger partial charge >= 0.3 is 0 Å². The van der Waals surface area contributed by atoms with Crippen molar-refractivity contribution in [3.63, 3.8) is 0 Å². The van der Waals surface area contributed by atoms with Crippen LogP contribution in [0.4, 0.5) is 5.69 Å².